The lowest BCUT2D eigenvalue weighted by Gasteiger charge is -2.13. The van der Waals surface area contributed by atoms with Gasteiger partial charge >= 0.3 is 0 Å². The molecule has 0 aromatic heterocycles. The predicted octanol–water partition coefficient (Wildman–Crippen LogP) is 3.68. The molecule has 0 spiro atoms. The molecule has 1 unspecified atom stereocenters. The Balaban J connectivity index is 1.76. The van der Waals surface area contributed by atoms with E-state index in [-0.39, 0.29) is 6.04 Å². The summed E-state index contributed by atoms with van der Waals surface area (Å²) in [7, 11) is 0. The van der Waals surface area contributed by atoms with E-state index in [9.17, 15) is 0 Å². The van der Waals surface area contributed by atoms with Gasteiger partial charge in [0.05, 0.1) is 6.61 Å². The van der Waals surface area contributed by atoms with E-state index in [1.54, 1.807) is 0 Å². The molecule has 0 saturated heterocycles. The minimum atomic E-state index is 0.0589. The Morgan fingerprint density at radius 1 is 1.00 bits per heavy atom. The molecule has 0 fully saturated rings. The van der Waals surface area contributed by atoms with Crippen molar-refractivity contribution >= 4 is 11.6 Å². The Kier molecular flexibility index (Phi) is 5.25. The van der Waals surface area contributed by atoms with Crippen LogP contribution in [0.5, 0.6) is 5.75 Å². The second-order valence-electron chi connectivity index (χ2n) is 4.51. The van der Waals surface area contributed by atoms with E-state index in [0.29, 0.717) is 6.61 Å². The molecule has 1 atom stereocenters. The van der Waals surface area contributed by atoms with E-state index in [2.05, 4.69) is 0 Å². The highest BCUT2D eigenvalue weighted by atomic mass is 35.5. The van der Waals surface area contributed by atoms with E-state index in [1.165, 1.54) is 0 Å². The molecule has 0 aliphatic carbocycles. The van der Waals surface area contributed by atoms with Gasteiger partial charge in [-0.3, -0.25) is 0 Å². The van der Waals surface area contributed by atoms with Crippen molar-refractivity contribution in [1.82, 2.24) is 0 Å². The van der Waals surface area contributed by atoms with Gasteiger partial charge in [0, 0.05) is 11.1 Å². The van der Waals surface area contributed by atoms with Gasteiger partial charge in [-0.05, 0) is 36.6 Å². The summed E-state index contributed by atoms with van der Waals surface area (Å²) in [5, 5.41) is 0.780. The zero-order valence-corrected chi connectivity index (χ0v) is 11.5. The van der Waals surface area contributed by atoms with Crippen LogP contribution >= 0.6 is 11.6 Å². The minimum Gasteiger partial charge on any atom is -0.494 e. The van der Waals surface area contributed by atoms with Crippen LogP contribution in [0.3, 0.4) is 0 Å². The Morgan fingerprint density at radius 2 is 1.68 bits per heavy atom. The van der Waals surface area contributed by atoms with Crippen molar-refractivity contribution in [3.63, 3.8) is 0 Å². The molecule has 0 saturated carbocycles. The van der Waals surface area contributed by atoms with Crippen molar-refractivity contribution in [2.45, 2.75) is 18.9 Å². The molecule has 0 heterocycles. The molecule has 0 bridgehead atoms. The van der Waals surface area contributed by atoms with Crippen LogP contribution in [-0.2, 0) is 6.42 Å². The monoisotopic (exact) mass is 275 g/mol. The average Bonchev–Trinajstić information content (AvgIpc) is 2.43. The quantitative estimate of drug-likeness (QED) is 0.873. The number of hydrogen-bond donors (Lipinski definition) is 1. The molecule has 2 aromatic rings. The number of nitrogens with two attached hydrogens (primary N) is 1. The fraction of sp³-hybridized carbons (Fsp3) is 0.250. The first-order chi connectivity index (χ1) is 9.25. The summed E-state index contributed by atoms with van der Waals surface area (Å²) in [6.45, 7) is 0.621. The van der Waals surface area contributed by atoms with Crippen LogP contribution in [0, 0.1) is 0 Å². The Hall–Kier alpha value is -1.51. The Labute approximate surface area is 119 Å². The lowest BCUT2D eigenvalue weighted by Crippen LogP contribution is -2.25. The fourth-order valence-corrected chi connectivity index (χ4v) is 2.11. The van der Waals surface area contributed by atoms with Crippen molar-refractivity contribution in [1.29, 1.82) is 0 Å². The molecule has 0 aliphatic rings. The number of ether oxygens (including phenoxy) is 1. The second-order valence-corrected chi connectivity index (χ2v) is 4.91. The van der Waals surface area contributed by atoms with Crippen LogP contribution in [0.2, 0.25) is 5.02 Å². The van der Waals surface area contributed by atoms with Gasteiger partial charge in [0.1, 0.15) is 5.75 Å². The number of para-hydroxylation sites is 1. The Morgan fingerprint density at radius 3 is 2.42 bits per heavy atom. The molecule has 2 N–H and O–H groups in total. The van der Waals surface area contributed by atoms with Crippen molar-refractivity contribution in [2.75, 3.05) is 6.61 Å². The van der Waals surface area contributed by atoms with Gasteiger partial charge in [0.15, 0.2) is 0 Å². The van der Waals surface area contributed by atoms with E-state index in [4.69, 9.17) is 22.1 Å². The van der Waals surface area contributed by atoms with E-state index in [0.717, 1.165) is 29.2 Å². The van der Waals surface area contributed by atoms with Crippen molar-refractivity contribution in [2.24, 2.45) is 5.73 Å². The normalized spacial score (nSPS) is 12.1. The zero-order valence-electron chi connectivity index (χ0n) is 10.8. The van der Waals surface area contributed by atoms with Crippen molar-refractivity contribution < 1.29 is 4.74 Å². The van der Waals surface area contributed by atoms with Crippen LogP contribution in [0.1, 0.15) is 12.0 Å². The smallest absolute Gasteiger partial charge is 0.119 e. The van der Waals surface area contributed by atoms with Gasteiger partial charge in [-0.15, -0.1) is 0 Å². The van der Waals surface area contributed by atoms with Gasteiger partial charge in [-0.25, -0.2) is 0 Å². The van der Waals surface area contributed by atoms with Gasteiger partial charge in [0.25, 0.3) is 0 Å². The largest absolute Gasteiger partial charge is 0.494 e. The molecule has 2 aromatic carbocycles. The minimum absolute atomic E-state index is 0.0589. The summed E-state index contributed by atoms with van der Waals surface area (Å²) in [6, 6.07) is 17.6. The summed E-state index contributed by atoms with van der Waals surface area (Å²) in [4.78, 5) is 0. The maximum absolute atomic E-state index is 6.11. The first kappa shape index (κ1) is 13.9. The maximum atomic E-state index is 6.11. The third kappa shape index (κ3) is 4.58. The van der Waals surface area contributed by atoms with Crippen LogP contribution in [0.25, 0.3) is 0 Å². The molecule has 2 nitrogen and oxygen atoms in total. The highest BCUT2D eigenvalue weighted by Gasteiger charge is 2.07. The highest BCUT2D eigenvalue weighted by Crippen LogP contribution is 2.17. The predicted molar refractivity (Wildman–Crippen MR) is 79.7 cm³/mol. The summed E-state index contributed by atoms with van der Waals surface area (Å²) in [6.07, 6.45) is 1.58. The molecule has 0 radical (unpaired) electrons. The molecule has 2 rings (SSSR count). The zero-order chi connectivity index (χ0) is 13.5. The lowest BCUT2D eigenvalue weighted by molar-refractivity contribution is 0.297. The third-order valence-electron chi connectivity index (χ3n) is 2.94. The fourth-order valence-electron chi connectivity index (χ4n) is 1.89. The second kappa shape index (κ2) is 7.17. The summed E-state index contributed by atoms with van der Waals surface area (Å²) in [5.41, 5.74) is 7.19. The molecule has 100 valence electrons. The highest BCUT2D eigenvalue weighted by molar-refractivity contribution is 6.31. The summed E-state index contributed by atoms with van der Waals surface area (Å²) >= 11 is 6.11. The van der Waals surface area contributed by atoms with Gasteiger partial charge in [-0.1, -0.05) is 48.0 Å². The van der Waals surface area contributed by atoms with E-state index >= 15 is 0 Å². The van der Waals surface area contributed by atoms with Gasteiger partial charge in [-0.2, -0.15) is 0 Å². The van der Waals surface area contributed by atoms with Gasteiger partial charge < -0.3 is 10.5 Å². The molecule has 19 heavy (non-hydrogen) atoms. The Bertz CT molecular complexity index is 501. The van der Waals surface area contributed by atoms with Crippen LogP contribution < -0.4 is 10.5 Å². The number of halogens is 1. The summed E-state index contributed by atoms with van der Waals surface area (Å²) in [5.74, 6) is 0.882. The average molecular weight is 276 g/mol. The summed E-state index contributed by atoms with van der Waals surface area (Å²) < 4.78 is 5.63. The first-order valence-electron chi connectivity index (χ1n) is 6.42. The number of benzene rings is 2. The third-order valence-corrected chi connectivity index (χ3v) is 3.31. The lowest BCUT2D eigenvalue weighted by atomic mass is 10.0. The van der Waals surface area contributed by atoms with Crippen LogP contribution in [-0.4, -0.2) is 12.6 Å². The van der Waals surface area contributed by atoms with Crippen molar-refractivity contribution in [3.8, 4) is 5.75 Å². The first-order valence-corrected chi connectivity index (χ1v) is 6.80. The van der Waals surface area contributed by atoms with Crippen LogP contribution in [0.4, 0.5) is 0 Å². The molecule has 3 heteroatoms. The molecular formula is C16H18ClNO. The number of rotatable bonds is 6. The van der Waals surface area contributed by atoms with E-state index < -0.39 is 0 Å². The topological polar surface area (TPSA) is 35.2 Å². The number of hydrogen-bond acceptors (Lipinski definition) is 2. The van der Waals surface area contributed by atoms with E-state index in [1.807, 2.05) is 54.6 Å². The maximum Gasteiger partial charge on any atom is 0.119 e. The SMILES string of the molecule is NC(CCOc1ccccc1)Cc1ccccc1Cl. The molecule has 0 amide bonds. The van der Waals surface area contributed by atoms with Crippen LogP contribution in [0.15, 0.2) is 54.6 Å². The van der Waals surface area contributed by atoms with Crippen molar-refractivity contribution in [3.05, 3.63) is 65.2 Å². The molecule has 0 aliphatic heterocycles. The van der Waals surface area contributed by atoms with Gasteiger partial charge in [0.2, 0.25) is 0 Å². The standard InChI is InChI=1S/C16H18ClNO/c17-16-9-5-4-6-13(16)12-14(18)10-11-19-15-7-2-1-3-8-15/h1-9,14H,10-12,18H2. The molecular weight excluding hydrogens is 258 g/mol.